The Morgan fingerprint density at radius 3 is 2.26 bits per heavy atom. The van der Waals surface area contributed by atoms with Crippen molar-refractivity contribution in [1.29, 1.82) is 0 Å². The third kappa shape index (κ3) is 4.11. The molecule has 2 aromatic heterocycles. The average molecular weight is 479 g/mol. The Morgan fingerprint density at radius 2 is 1.62 bits per heavy atom. The summed E-state index contributed by atoms with van der Waals surface area (Å²) in [5.41, 5.74) is 0.137. The number of fused-ring (bicyclic) bond motifs is 1. The summed E-state index contributed by atoms with van der Waals surface area (Å²) in [5.74, 6) is -1.41. The van der Waals surface area contributed by atoms with Gasteiger partial charge in [-0.05, 0) is 36.4 Å². The molecule has 4 aromatic rings. The number of nitrogens with zero attached hydrogens (tertiary/aromatic N) is 2. The molecule has 0 fully saturated rings. The number of carbonyl (C=O) groups is 2. The quantitative estimate of drug-likeness (QED) is 0.408. The summed E-state index contributed by atoms with van der Waals surface area (Å²) in [6.07, 6.45) is 1.37. The fourth-order valence-corrected chi connectivity index (χ4v) is 3.93. The molecular formula is C25H19ClN2O6. The van der Waals surface area contributed by atoms with Gasteiger partial charge in [0.2, 0.25) is 0 Å². The van der Waals surface area contributed by atoms with E-state index in [1.165, 1.54) is 31.0 Å². The molecule has 8 nitrogen and oxygen atoms in total. The second-order valence-corrected chi connectivity index (χ2v) is 7.79. The lowest BCUT2D eigenvalue weighted by molar-refractivity contribution is 0.0585. The van der Waals surface area contributed by atoms with Crippen LogP contribution < -0.4 is 11.0 Å². The minimum atomic E-state index is -0.753. The van der Waals surface area contributed by atoms with E-state index in [1.54, 1.807) is 47.0 Å². The van der Waals surface area contributed by atoms with E-state index < -0.39 is 22.9 Å². The van der Waals surface area contributed by atoms with Gasteiger partial charge in [0.1, 0.15) is 5.69 Å². The van der Waals surface area contributed by atoms with Gasteiger partial charge in [-0.15, -0.1) is 0 Å². The van der Waals surface area contributed by atoms with Crippen LogP contribution in [0.15, 0.2) is 76.4 Å². The number of hydrogen-bond donors (Lipinski definition) is 0. The number of pyridine rings is 2. The Hall–Kier alpha value is -4.17. The second-order valence-electron chi connectivity index (χ2n) is 7.35. The minimum Gasteiger partial charge on any atom is -0.465 e. The third-order valence-electron chi connectivity index (χ3n) is 5.37. The zero-order valence-electron chi connectivity index (χ0n) is 18.3. The van der Waals surface area contributed by atoms with Crippen molar-refractivity contribution < 1.29 is 19.1 Å². The zero-order valence-corrected chi connectivity index (χ0v) is 19.0. The van der Waals surface area contributed by atoms with Gasteiger partial charge >= 0.3 is 11.9 Å². The SMILES string of the molecule is COC(=O)c1ccn(Cc2c(C(=O)OC)n(-c3ccccc3)c3cc(Cl)ccc3c2=O)c(=O)c1. The second kappa shape index (κ2) is 9.36. The topological polar surface area (TPSA) is 96.6 Å². The Morgan fingerprint density at radius 1 is 0.912 bits per heavy atom. The van der Waals surface area contributed by atoms with E-state index in [9.17, 15) is 19.2 Å². The number of rotatable bonds is 5. The van der Waals surface area contributed by atoms with Gasteiger partial charge in [-0.1, -0.05) is 29.8 Å². The zero-order chi connectivity index (χ0) is 24.4. The highest BCUT2D eigenvalue weighted by Gasteiger charge is 2.25. The molecule has 0 saturated carbocycles. The molecule has 34 heavy (non-hydrogen) atoms. The molecule has 0 bridgehead atoms. The smallest absolute Gasteiger partial charge is 0.355 e. The molecule has 0 aliphatic heterocycles. The first-order valence-corrected chi connectivity index (χ1v) is 10.5. The first-order valence-electron chi connectivity index (χ1n) is 10.2. The van der Waals surface area contributed by atoms with Crippen LogP contribution in [0, 0.1) is 0 Å². The van der Waals surface area contributed by atoms with Gasteiger partial charge in [-0.25, -0.2) is 9.59 Å². The molecule has 0 N–H and O–H groups in total. The first-order chi connectivity index (χ1) is 16.3. The summed E-state index contributed by atoms with van der Waals surface area (Å²) in [6, 6.07) is 16.2. The predicted molar refractivity (Wildman–Crippen MR) is 127 cm³/mol. The first kappa shape index (κ1) is 23.0. The Kier molecular flexibility index (Phi) is 6.34. The normalized spacial score (nSPS) is 10.8. The average Bonchev–Trinajstić information content (AvgIpc) is 2.85. The molecule has 172 valence electrons. The van der Waals surface area contributed by atoms with Crippen LogP contribution in [0.1, 0.15) is 26.4 Å². The maximum Gasteiger partial charge on any atom is 0.355 e. The molecule has 0 aliphatic carbocycles. The van der Waals surface area contributed by atoms with Crippen LogP contribution >= 0.6 is 11.6 Å². The van der Waals surface area contributed by atoms with Crippen molar-refractivity contribution in [3.63, 3.8) is 0 Å². The van der Waals surface area contributed by atoms with E-state index in [0.29, 0.717) is 21.6 Å². The van der Waals surface area contributed by atoms with Crippen molar-refractivity contribution in [3.8, 4) is 5.69 Å². The van der Waals surface area contributed by atoms with Crippen LogP contribution in [0.25, 0.3) is 16.6 Å². The molecule has 0 aliphatic rings. The molecular weight excluding hydrogens is 460 g/mol. The molecule has 4 rings (SSSR count). The summed E-state index contributed by atoms with van der Waals surface area (Å²) in [5, 5.41) is 0.699. The standard InChI is InChI=1S/C25H19ClN2O6/c1-33-24(31)15-10-11-27(21(29)12-15)14-19-22(25(32)34-2)28(17-6-4-3-5-7-17)20-13-16(26)8-9-18(20)23(19)30/h3-13H,14H2,1-2H3. The lowest BCUT2D eigenvalue weighted by Crippen LogP contribution is -2.29. The Balaban J connectivity index is 2.05. The molecule has 0 radical (unpaired) electrons. The minimum absolute atomic E-state index is 0.0302. The number of methoxy groups -OCH3 is 2. The summed E-state index contributed by atoms with van der Waals surface area (Å²) < 4.78 is 12.5. The molecule has 0 spiro atoms. The highest BCUT2D eigenvalue weighted by atomic mass is 35.5. The van der Waals surface area contributed by atoms with Crippen molar-refractivity contribution in [2.24, 2.45) is 0 Å². The fourth-order valence-electron chi connectivity index (χ4n) is 3.76. The van der Waals surface area contributed by atoms with Crippen LogP contribution in [-0.4, -0.2) is 35.3 Å². The lowest BCUT2D eigenvalue weighted by atomic mass is 10.1. The van der Waals surface area contributed by atoms with Gasteiger partial charge < -0.3 is 18.6 Å². The number of aromatic nitrogens is 2. The van der Waals surface area contributed by atoms with E-state index in [4.69, 9.17) is 16.3 Å². The number of benzene rings is 2. The van der Waals surface area contributed by atoms with Gasteiger partial charge in [-0.2, -0.15) is 0 Å². The number of ether oxygens (including phenoxy) is 2. The van der Waals surface area contributed by atoms with Crippen LogP contribution in [0.3, 0.4) is 0 Å². The lowest BCUT2D eigenvalue weighted by Gasteiger charge is -2.20. The third-order valence-corrected chi connectivity index (χ3v) is 5.60. The van der Waals surface area contributed by atoms with Crippen LogP contribution in [0.4, 0.5) is 0 Å². The number of para-hydroxylation sites is 1. The number of hydrogen-bond acceptors (Lipinski definition) is 6. The van der Waals surface area contributed by atoms with Crippen LogP contribution in [0.2, 0.25) is 5.02 Å². The number of esters is 2. The van der Waals surface area contributed by atoms with Crippen molar-refractivity contribution in [2.45, 2.75) is 6.54 Å². The van der Waals surface area contributed by atoms with Gasteiger partial charge in [0.15, 0.2) is 5.43 Å². The number of halogens is 1. The van der Waals surface area contributed by atoms with Gasteiger partial charge in [0, 0.05) is 28.4 Å². The fraction of sp³-hybridized carbons (Fsp3) is 0.120. The van der Waals surface area contributed by atoms with Gasteiger partial charge in [0.25, 0.3) is 5.56 Å². The van der Waals surface area contributed by atoms with Crippen molar-refractivity contribution in [3.05, 3.63) is 109 Å². The predicted octanol–water partition coefficient (Wildman–Crippen LogP) is 3.43. The van der Waals surface area contributed by atoms with E-state index in [2.05, 4.69) is 4.74 Å². The molecule has 2 heterocycles. The molecule has 0 amide bonds. The largest absolute Gasteiger partial charge is 0.465 e. The highest BCUT2D eigenvalue weighted by Crippen LogP contribution is 2.25. The Labute approximate surface area is 198 Å². The molecule has 0 saturated heterocycles. The maximum absolute atomic E-state index is 13.5. The van der Waals surface area contributed by atoms with Crippen molar-refractivity contribution >= 4 is 34.4 Å². The van der Waals surface area contributed by atoms with Crippen LogP contribution in [-0.2, 0) is 16.0 Å². The molecule has 2 aromatic carbocycles. The van der Waals surface area contributed by atoms with Gasteiger partial charge in [0.05, 0.1) is 37.4 Å². The van der Waals surface area contributed by atoms with Crippen molar-refractivity contribution in [1.82, 2.24) is 9.13 Å². The molecule has 0 unspecified atom stereocenters. The Bertz CT molecular complexity index is 1540. The van der Waals surface area contributed by atoms with E-state index in [0.717, 1.165) is 6.07 Å². The highest BCUT2D eigenvalue weighted by molar-refractivity contribution is 6.31. The summed E-state index contributed by atoms with van der Waals surface area (Å²) in [7, 11) is 2.43. The monoisotopic (exact) mass is 478 g/mol. The molecule has 9 heteroatoms. The van der Waals surface area contributed by atoms with Crippen LogP contribution in [0.5, 0.6) is 0 Å². The summed E-state index contributed by atoms with van der Waals surface area (Å²) in [6.45, 7) is -0.227. The summed E-state index contributed by atoms with van der Waals surface area (Å²) >= 11 is 6.22. The van der Waals surface area contributed by atoms with Gasteiger partial charge in [-0.3, -0.25) is 9.59 Å². The van der Waals surface area contributed by atoms with E-state index in [1.807, 2.05) is 6.07 Å². The van der Waals surface area contributed by atoms with Crippen molar-refractivity contribution in [2.75, 3.05) is 14.2 Å². The number of carbonyl (C=O) groups excluding carboxylic acids is 2. The maximum atomic E-state index is 13.5. The summed E-state index contributed by atoms with van der Waals surface area (Å²) in [4.78, 5) is 51.0. The van der Waals surface area contributed by atoms with E-state index >= 15 is 0 Å². The van der Waals surface area contributed by atoms with E-state index in [-0.39, 0.29) is 23.4 Å². The molecule has 0 atom stereocenters.